The van der Waals surface area contributed by atoms with Crippen molar-refractivity contribution in [2.45, 2.75) is 32.7 Å². The second-order valence-corrected chi connectivity index (χ2v) is 5.06. The van der Waals surface area contributed by atoms with Gasteiger partial charge in [0.1, 0.15) is 5.88 Å². The fraction of sp³-hybridized carbons (Fsp3) is 0.500. The minimum Gasteiger partial charge on any atom is -0.338 e. The standard InChI is InChI=1S/C14H18ClNO/c1-10-3-4-12(11(2)7-10)8-13-5-6-16(13)14(17)9-15/h3-4,7,13H,5-6,8-9H2,1-2H3. The summed E-state index contributed by atoms with van der Waals surface area (Å²) in [4.78, 5) is 13.4. The molecule has 1 fully saturated rings. The van der Waals surface area contributed by atoms with Crippen LogP contribution in [0.2, 0.25) is 0 Å². The molecule has 2 nitrogen and oxygen atoms in total. The molecule has 1 aromatic carbocycles. The van der Waals surface area contributed by atoms with Crippen LogP contribution in [0.25, 0.3) is 0 Å². The van der Waals surface area contributed by atoms with Gasteiger partial charge in [0.2, 0.25) is 5.91 Å². The molecule has 1 heterocycles. The van der Waals surface area contributed by atoms with Crippen molar-refractivity contribution in [2.24, 2.45) is 0 Å². The van der Waals surface area contributed by atoms with Crippen LogP contribution in [0.1, 0.15) is 23.1 Å². The molecule has 1 saturated heterocycles. The molecule has 0 spiro atoms. The zero-order valence-corrected chi connectivity index (χ0v) is 11.1. The Balaban J connectivity index is 2.04. The van der Waals surface area contributed by atoms with Crippen molar-refractivity contribution in [1.29, 1.82) is 0 Å². The van der Waals surface area contributed by atoms with E-state index in [2.05, 4.69) is 32.0 Å². The number of aryl methyl sites for hydroxylation is 2. The molecule has 3 heteroatoms. The summed E-state index contributed by atoms with van der Waals surface area (Å²) in [6.45, 7) is 5.10. The molecule has 1 aliphatic heterocycles. The fourth-order valence-corrected chi connectivity index (χ4v) is 2.54. The first-order valence-electron chi connectivity index (χ1n) is 6.03. The number of rotatable bonds is 3. The highest BCUT2D eigenvalue weighted by Gasteiger charge is 2.31. The van der Waals surface area contributed by atoms with E-state index in [9.17, 15) is 4.79 Å². The fourth-order valence-electron chi connectivity index (χ4n) is 2.39. The van der Waals surface area contributed by atoms with Gasteiger partial charge in [-0.3, -0.25) is 4.79 Å². The third-order valence-corrected chi connectivity index (χ3v) is 3.76. The highest BCUT2D eigenvalue weighted by atomic mass is 35.5. The Morgan fingerprint density at radius 3 is 2.76 bits per heavy atom. The van der Waals surface area contributed by atoms with E-state index in [0.29, 0.717) is 6.04 Å². The average molecular weight is 252 g/mol. The molecule has 1 aliphatic rings. The van der Waals surface area contributed by atoms with Gasteiger partial charge in [-0.15, -0.1) is 11.6 Å². The van der Waals surface area contributed by atoms with Crippen molar-refractivity contribution in [1.82, 2.24) is 4.90 Å². The molecule has 1 aromatic rings. The summed E-state index contributed by atoms with van der Waals surface area (Å²) in [5.74, 6) is 0.163. The molecule has 1 amide bonds. The van der Waals surface area contributed by atoms with Crippen LogP contribution in [0, 0.1) is 13.8 Å². The van der Waals surface area contributed by atoms with Crippen molar-refractivity contribution in [3.05, 3.63) is 34.9 Å². The third kappa shape index (κ3) is 2.63. The van der Waals surface area contributed by atoms with E-state index >= 15 is 0 Å². The van der Waals surface area contributed by atoms with Crippen molar-refractivity contribution in [2.75, 3.05) is 12.4 Å². The second-order valence-electron chi connectivity index (χ2n) is 4.80. The lowest BCUT2D eigenvalue weighted by Crippen LogP contribution is -2.52. The van der Waals surface area contributed by atoms with Crippen molar-refractivity contribution < 1.29 is 4.79 Å². The Kier molecular flexibility index (Phi) is 3.72. The van der Waals surface area contributed by atoms with E-state index in [0.717, 1.165) is 19.4 Å². The zero-order valence-electron chi connectivity index (χ0n) is 10.4. The van der Waals surface area contributed by atoms with Crippen LogP contribution >= 0.6 is 11.6 Å². The van der Waals surface area contributed by atoms with Gasteiger partial charge >= 0.3 is 0 Å². The van der Waals surface area contributed by atoms with E-state index in [-0.39, 0.29) is 11.8 Å². The molecule has 1 atom stereocenters. The number of carbonyl (C=O) groups is 1. The van der Waals surface area contributed by atoms with Gasteiger partial charge in [-0.1, -0.05) is 23.8 Å². The van der Waals surface area contributed by atoms with Crippen molar-refractivity contribution in [3.8, 4) is 0 Å². The average Bonchev–Trinajstić information content (AvgIpc) is 2.26. The van der Waals surface area contributed by atoms with Crippen molar-refractivity contribution >= 4 is 17.5 Å². The van der Waals surface area contributed by atoms with Crippen molar-refractivity contribution in [3.63, 3.8) is 0 Å². The van der Waals surface area contributed by atoms with Crippen LogP contribution in [0.15, 0.2) is 18.2 Å². The smallest absolute Gasteiger partial charge is 0.237 e. The lowest BCUT2D eigenvalue weighted by molar-refractivity contribution is -0.135. The summed E-state index contributed by atoms with van der Waals surface area (Å²) in [6.07, 6.45) is 2.05. The minimum atomic E-state index is 0.0627. The highest BCUT2D eigenvalue weighted by molar-refractivity contribution is 6.27. The molecule has 1 unspecified atom stereocenters. The molecule has 0 bridgehead atoms. The summed E-state index contributed by atoms with van der Waals surface area (Å²) < 4.78 is 0. The van der Waals surface area contributed by atoms with E-state index < -0.39 is 0 Å². The summed E-state index contributed by atoms with van der Waals surface area (Å²) >= 11 is 5.59. The third-order valence-electron chi connectivity index (χ3n) is 3.53. The maximum absolute atomic E-state index is 11.5. The maximum atomic E-state index is 11.5. The molecule has 17 heavy (non-hydrogen) atoms. The Bertz CT molecular complexity index is 430. The number of carbonyl (C=O) groups excluding carboxylic acids is 1. The van der Waals surface area contributed by atoms with Gasteiger partial charge < -0.3 is 4.90 Å². The van der Waals surface area contributed by atoms with Crippen LogP contribution in [0.3, 0.4) is 0 Å². The molecular formula is C14H18ClNO. The Morgan fingerprint density at radius 1 is 1.47 bits per heavy atom. The molecule has 0 aromatic heterocycles. The summed E-state index contributed by atoms with van der Waals surface area (Å²) in [7, 11) is 0. The van der Waals surface area contributed by atoms with Crippen LogP contribution in [-0.4, -0.2) is 29.3 Å². The number of amides is 1. The molecule has 92 valence electrons. The Hall–Kier alpha value is -1.02. The van der Waals surface area contributed by atoms with Gasteiger partial charge in [-0.05, 0) is 37.8 Å². The largest absolute Gasteiger partial charge is 0.338 e. The predicted molar refractivity (Wildman–Crippen MR) is 70.5 cm³/mol. The molecule has 0 radical (unpaired) electrons. The Morgan fingerprint density at radius 2 is 2.24 bits per heavy atom. The molecule has 0 N–H and O–H groups in total. The van der Waals surface area contributed by atoms with Gasteiger partial charge in [0, 0.05) is 12.6 Å². The summed E-state index contributed by atoms with van der Waals surface area (Å²) in [5, 5.41) is 0. The number of hydrogen-bond donors (Lipinski definition) is 0. The normalized spacial score (nSPS) is 19.0. The Labute approximate surface area is 108 Å². The van der Waals surface area contributed by atoms with Crippen LogP contribution in [0.4, 0.5) is 0 Å². The monoisotopic (exact) mass is 251 g/mol. The minimum absolute atomic E-state index is 0.0627. The van der Waals surface area contributed by atoms with Crippen LogP contribution in [0.5, 0.6) is 0 Å². The number of nitrogens with zero attached hydrogens (tertiary/aromatic N) is 1. The number of likely N-dealkylation sites (tertiary alicyclic amines) is 1. The van der Waals surface area contributed by atoms with Gasteiger partial charge in [0.25, 0.3) is 0 Å². The lowest BCUT2D eigenvalue weighted by atomic mass is 9.92. The number of hydrogen-bond acceptors (Lipinski definition) is 1. The van der Waals surface area contributed by atoms with E-state index in [1.54, 1.807) is 0 Å². The van der Waals surface area contributed by atoms with Gasteiger partial charge in [-0.25, -0.2) is 0 Å². The summed E-state index contributed by atoms with van der Waals surface area (Å²) in [6, 6.07) is 6.85. The predicted octanol–water partition coefficient (Wildman–Crippen LogP) is 2.69. The summed E-state index contributed by atoms with van der Waals surface area (Å²) in [5.41, 5.74) is 3.94. The van der Waals surface area contributed by atoms with Crippen LogP contribution < -0.4 is 0 Å². The molecule has 0 aliphatic carbocycles. The van der Waals surface area contributed by atoms with Crippen LogP contribution in [-0.2, 0) is 11.2 Å². The first-order chi connectivity index (χ1) is 8.11. The number of benzene rings is 1. The van der Waals surface area contributed by atoms with Gasteiger partial charge in [0.05, 0.1) is 0 Å². The lowest BCUT2D eigenvalue weighted by Gasteiger charge is -2.41. The van der Waals surface area contributed by atoms with Gasteiger partial charge in [0.15, 0.2) is 0 Å². The number of alkyl halides is 1. The number of halogens is 1. The maximum Gasteiger partial charge on any atom is 0.237 e. The van der Waals surface area contributed by atoms with E-state index in [1.165, 1.54) is 16.7 Å². The van der Waals surface area contributed by atoms with E-state index in [1.807, 2.05) is 4.90 Å². The zero-order chi connectivity index (χ0) is 12.4. The second kappa shape index (κ2) is 5.09. The quantitative estimate of drug-likeness (QED) is 0.757. The first-order valence-corrected chi connectivity index (χ1v) is 6.57. The molecule has 2 rings (SSSR count). The SMILES string of the molecule is Cc1ccc(CC2CCN2C(=O)CCl)c(C)c1. The first kappa shape index (κ1) is 12.4. The highest BCUT2D eigenvalue weighted by Crippen LogP contribution is 2.23. The van der Waals surface area contributed by atoms with E-state index in [4.69, 9.17) is 11.6 Å². The topological polar surface area (TPSA) is 20.3 Å². The molecular weight excluding hydrogens is 234 g/mol. The van der Waals surface area contributed by atoms with Gasteiger partial charge in [-0.2, -0.15) is 0 Å². The molecule has 0 saturated carbocycles.